The van der Waals surface area contributed by atoms with Crippen LogP contribution in [0.1, 0.15) is 24.8 Å². The second-order valence-electron chi connectivity index (χ2n) is 7.19. The van der Waals surface area contributed by atoms with Gasteiger partial charge in [-0.3, -0.25) is 4.98 Å². The molecule has 1 aromatic carbocycles. The molecule has 0 aliphatic carbocycles. The Morgan fingerprint density at radius 2 is 2.08 bits per heavy atom. The molecule has 2 fully saturated rings. The fourth-order valence-electron chi connectivity index (χ4n) is 3.84. The summed E-state index contributed by atoms with van der Waals surface area (Å²) in [6, 6.07) is 6.38. The number of hydrogen-bond acceptors (Lipinski definition) is 4. The predicted molar refractivity (Wildman–Crippen MR) is 95.5 cm³/mol. The van der Waals surface area contributed by atoms with Crippen molar-refractivity contribution in [3.8, 4) is 5.75 Å². The summed E-state index contributed by atoms with van der Waals surface area (Å²) in [6.45, 7) is 7.48. The van der Waals surface area contributed by atoms with Crippen molar-refractivity contribution in [1.29, 1.82) is 0 Å². The van der Waals surface area contributed by atoms with Gasteiger partial charge in [-0.25, -0.2) is 0 Å². The molecule has 4 nitrogen and oxygen atoms in total. The molecule has 0 amide bonds. The van der Waals surface area contributed by atoms with Gasteiger partial charge < -0.3 is 14.4 Å². The molecule has 0 spiro atoms. The largest absolute Gasteiger partial charge is 0.490 e. The minimum Gasteiger partial charge on any atom is -0.490 e. The molecule has 1 aromatic heterocycles. The van der Waals surface area contributed by atoms with Crippen LogP contribution in [-0.4, -0.2) is 48.8 Å². The number of piperidine rings is 1. The number of likely N-dealkylation sites (tertiary alicyclic amines) is 1. The van der Waals surface area contributed by atoms with Crippen LogP contribution in [0, 0.1) is 12.8 Å². The van der Waals surface area contributed by atoms with E-state index in [1.54, 1.807) is 0 Å². The zero-order valence-electron chi connectivity index (χ0n) is 14.4. The van der Waals surface area contributed by atoms with E-state index in [-0.39, 0.29) is 0 Å². The van der Waals surface area contributed by atoms with Crippen molar-refractivity contribution in [3.05, 3.63) is 36.2 Å². The monoisotopic (exact) mass is 326 g/mol. The highest BCUT2D eigenvalue weighted by Gasteiger charge is 2.25. The van der Waals surface area contributed by atoms with Crippen molar-refractivity contribution in [1.82, 2.24) is 9.88 Å². The van der Waals surface area contributed by atoms with Gasteiger partial charge >= 0.3 is 0 Å². The summed E-state index contributed by atoms with van der Waals surface area (Å²) in [7, 11) is 0. The second kappa shape index (κ2) is 7.08. The number of nitrogens with zero attached hydrogens (tertiary/aromatic N) is 2. The topological polar surface area (TPSA) is 34.6 Å². The van der Waals surface area contributed by atoms with Crippen LogP contribution in [0.15, 0.2) is 30.6 Å². The van der Waals surface area contributed by atoms with E-state index >= 15 is 0 Å². The van der Waals surface area contributed by atoms with Gasteiger partial charge in [0.05, 0.1) is 6.61 Å². The highest BCUT2D eigenvalue weighted by Crippen LogP contribution is 2.28. The number of pyridine rings is 1. The smallest absolute Gasteiger partial charge is 0.123 e. The Bertz CT molecular complexity index is 689. The molecular formula is C20H26N2O2. The van der Waals surface area contributed by atoms with Crippen molar-refractivity contribution in [3.63, 3.8) is 0 Å². The number of hydrogen-bond donors (Lipinski definition) is 0. The molecule has 24 heavy (non-hydrogen) atoms. The van der Waals surface area contributed by atoms with E-state index in [0.717, 1.165) is 50.8 Å². The summed E-state index contributed by atoms with van der Waals surface area (Å²) in [5.74, 6) is 1.76. The Morgan fingerprint density at radius 3 is 2.88 bits per heavy atom. The van der Waals surface area contributed by atoms with Crippen molar-refractivity contribution in [2.45, 2.75) is 32.3 Å². The lowest BCUT2D eigenvalue weighted by Crippen LogP contribution is -2.40. The first-order valence-electron chi connectivity index (χ1n) is 9.09. The summed E-state index contributed by atoms with van der Waals surface area (Å²) in [6.07, 6.45) is 7.54. The van der Waals surface area contributed by atoms with E-state index in [0.29, 0.717) is 6.10 Å². The lowest BCUT2D eigenvalue weighted by atomic mass is 10.0. The molecule has 1 atom stereocenters. The third-order valence-corrected chi connectivity index (χ3v) is 5.30. The van der Waals surface area contributed by atoms with Gasteiger partial charge in [0.2, 0.25) is 0 Å². The standard InChI is InChI=1S/C20H26N2O2/c1-15-10-18-12-21-6-2-17(18)11-20(15)24-19-3-7-22(8-4-19)13-16-5-9-23-14-16/h2,6,10-12,16,19H,3-5,7-9,13-14H2,1H3. The molecule has 2 aliphatic heterocycles. The quantitative estimate of drug-likeness (QED) is 0.862. The summed E-state index contributed by atoms with van der Waals surface area (Å²) in [5, 5.41) is 2.38. The molecule has 2 saturated heterocycles. The maximum absolute atomic E-state index is 6.34. The molecule has 0 bridgehead atoms. The number of aromatic nitrogens is 1. The third kappa shape index (κ3) is 3.55. The lowest BCUT2D eigenvalue weighted by molar-refractivity contribution is 0.0877. The van der Waals surface area contributed by atoms with Crippen LogP contribution in [0.4, 0.5) is 0 Å². The molecule has 0 radical (unpaired) electrons. The first-order chi connectivity index (χ1) is 11.8. The summed E-state index contributed by atoms with van der Waals surface area (Å²) < 4.78 is 11.8. The highest BCUT2D eigenvalue weighted by atomic mass is 16.5. The second-order valence-corrected chi connectivity index (χ2v) is 7.19. The Kier molecular flexibility index (Phi) is 4.67. The van der Waals surface area contributed by atoms with Crippen LogP contribution >= 0.6 is 0 Å². The number of ether oxygens (including phenoxy) is 2. The zero-order valence-corrected chi connectivity index (χ0v) is 14.4. The molecular weight excluding hydrogens is 300 g/mol. The summed E-state index contributed by atoms with van der Waals surface area (Å²) in [5.41, 5.74) is 1.20. The zero-order chi connectivity index (χ0) is 16.4. The van der Waals surface area contributed by atoms with Gasteiger partial charge in [0, 0.05) is 44.0 Å². The van der Waals surface area contributed by atoms with Crippen molar-refractivity contribution < 1.29 is 9.47 Å². The van der Waals surface area contributed by atoms with Crippen molar-refractivity contribution in [2.75, 3.05) is 32.8 Å². The Balaban J connectivity index is 1.35. The molecule has 1 unspecified atom stereocenters. The Labute approximate surface area is 143 Å². The van der Waals surface area contributed by atoms with Crippen LogP contribution < -0.4 is 4.74 Å². The van der Waals surface area contributed by atoms with Gasteiger partial charge in [0.1, 0.15) is 11.9 Å². The van der Waals surface area contributed by atoms with E-state index in [4.69, 9.17) is 9.47 Å². The molecule has 4 rings (SSSR count). The number of aryl methyl sites for hydroxylation is 1. The van der Waals surface area contributed by atoms with Crippen LogP contribution in [0.5, 0.6) is 5.75 Å². The van der Waals surface area contributed by atoms with E-state index in [1.807, 2.05) is 18.5 Å². The molecule has 0 saturated carbocycles. The van der Waals surface area contributed by atoms with E-state index < -0.39 is 0 Å². The van der Waals surface area contributed by atoms with Gasteiger partial charge in [-0.15, -0.1) is 0 Å². The lowest BCUT2D eigenvalue weighted by Gasteiger charge is -2.33. The Morgan fingerprint density at radius 1 is 1.21 bits per heavy atom. The van der Waals surface area contributed by atoms with Gasteiger partial charge in [-0.2, -0.15) is 0 Å². The summed E-state index contributed by atoms with van der Waals surface area (Å²) in [4.78, 5) is 6.78. The maximum Gasteiger partial charge on any atom is 0.123 e. The number of rotatable bonds is 4. The van der Waals surface area contributed by atoms with Crippen LogP contribution in [0.3, 0.4) is 0 Å². The first kappa shape index (κ1) is 15.9. The van der Waals surface area contributed by atoms with Crippen LogP contribution in [0.2, 0.25) is 0 Å². The van der Waals surface area contributed by atoms with Crippen LogP contribution in [0.25, 0.3) is 10.8 Å². The third-order valence-electron chi connectivity index (χ3n) is 5.30. The molecule has 3 heterocycles. The van der Waals surface area contributed by atoms with E-state index in [9.17, 15) is 0 Å². The average Bonchev–Trinajstić information content (AvgIpc) is 3.10. The molecule has 2 aliphatic rings. The van der Waals surface area contributed by atoms with Gasteiger partial charge in [0.15, 0.2) is 0 Å². The molecule has 128 valence electrons. The SMILES string of the molecule is Cc1cc2cnccc2cc1OC1CCN(CC2CCOC2)CC1. The van der Waals surface area contributed by atoms with Crippen molar-refractivity contribution in [2.24, 2.45) is 5.92 Å². The Hall–Kier alpha value is -1.65. The number of fused-ring (bicyclic) bond motifs is 1. The van der Waals surface area contributed by atoms with Crippen molar-refractivity contribution >= 4 is 10.8 Å². The highest BCUT2D eigenvalue weighted by molar-refractivity contribution is 5.84. The van der Waals surface area contributed by atoms with Gasteiger partial charge in [-0.05, 0) is 61.3 Å². The number of benzene rings is 1. The fourth-order valence-corrected chi connectivity index (χ4v) is 3.84. The normalized spacial score (nSPS) is 23.0. The molecule has 0 N–H and O–H groups in total. The fraction of sp³-hybridized carbons (Fsp3) is 0.550. The molecule has 4 heteroatoms. The van der Waals surface area contributed by atoms with Crippen LogP contribution in [-0.2, 0) is 4.74 Å². The van der Waals surface area contributed by atoms with Gasteiger partial charge in [0.25, 0.3) is 0 Å². The molecule has 2 aromatic rings. The minimum atomic E-state index is 0.332. The summed E-state index contributed by atoms with van der Waals surface area (Å²) >= 11 is 0. The van der Waals surface area contributed by atoms with E-state index in [1.165, 1.54) is 29.3 Å². The minimum absolute atomic E-state index is 0.332. The van der Waals surface area contributed by atoms with Gasteiger partial charge in [-0.1, -0.05) is 0 Å². The predicted octanol–water partition coefficient (Wildman–Crippen LogP) is 3.42. The average molecular weight is 326 g/mol. The van der Waals surface area contributed by atoms with E-state index in [2.05, 4.69) is 28.9 Å². The first-order valence-corrected chi connectivity index (χ1v) is 9.09. The maximum atomic E-state index is 6.34.